The van der Waals surface area contributed by atoms with Crippen LogP contribution in [0.1, 0.15) is 27.9 Å². The Morgan fingerprint density at radius 3 is 2.19 bits per heavy atom. The fraction of sp³-hybridized carbons (Fsp3) is 0.160. The van der Waals surface area contributed by atoms with Crippen molar-refractivity contribution in [2.45, 2.75) is 27.2 Å². The summed E-state index contributed by atoms with van der Waals surface area (Å²) in [5.74, 6) is 0. The first-order valence-corrected chi connectivity index (χ1v) is 9.38. The molecule has 0 fully saturated rings. The van der Waals surface area contributed by atoms with Crippen LogP contribution in [-0.2, 0) is 6.42 Å². The van der Waals surface area contributed by atoms with Crippen LogP contribution in [0.2, 0.25) is 0 Å². The lowest BCUT2D eigenvalue weighted by molar-refractivity contribution is 0.819. The quantitative estimate of drug-likeness (QED) is 0.437. The molecule has 0 N–H and O–H groups in total. The van der Waals surface area contributed by atoms with Gasteiger partial charge in [-0.1, -0.05) is 72.3 Å². The zero-order valence-corrected chi connectivity index (χ0v) is 16.1. The van der Waals surface area contributed by atoms with Crippen molar-refractivity contribution in [3.8, 4) is 16.9 Å². The van der Waals surface area contributed by atoms with Crippen molar-refractivity contribution in [2.75, 3.05) is 0 Å². The highest BCUT2D eigenvalue weighted by Crippen LogP contribution is 2.25. The first-order chi connectivity index (χ1) is 13.1. The Morgan fingerprint density at radius 2 is 1.44 bits per heavy atom. The molecule has 0 saturated carbocycles. The fourth-order valence-corrected chi connectivity index (χ4v) is 3.37. The molecule has 0 aliphatic carbocycles. The molecule has 0 bridgehead atoms. The van der Waals surface area contributed by atoms with Gasteiger partial charge in [0.25, 0.3) is 0 Å². The molecule has 0 spiro atoms. The predicted molar refractivity (Wildman–Crippen MR) is 112 cm³/mol. The van der Waals surface area contributed by atoms with E-state index in [4.69, 9.17) is 5.10 Å². The van der Waals surface area contributed by atoms with Crippen LogP contribution in [0.25, 0.3) is 16.9 Å². The van der Waals surface area contributed by atoms with Crippen molar-refractivity contribution in [1.29, 1.82) is 0 Å². The van der Waals surface area contributed by atoms with Crippen LogP contribution in [0.3, 0.4) is 0 Å². The van der Waals surface area contributed by atoms with Gasteiger partial charge in [-0.25, -0.2) is 4.68 Å². The maximum atomic E-state index is 4.98. The molecule has 4 rings (SSSR count). The number of hydrogen-bond donors (Lipinski definition) is 0. The van der Waals surface area contributed by atoms with Crippen LogP contribution < -0.4 is 0 Å². The van der Waals surface area contributed by atoms with Gasteiger partial charge in [0.05, 0.1) is 11.4 Å². The van der Waals surface area contributed by atoms with Crippen molar-refractivity contribution in [1.82, 2.24) is 9.78 Å². The van der Waals surface area contributed by atoms with Crippen molar-refractivity contribution in [2.24, 2.45) is 0 Å². The lowest BCUT2D eigenvalue weighted by Crippen LogP contribution is -2.05. The summed E-state index contributed by atoms with van der Waals surface area (Å²) >= 11 is 0. The van der Waals surface area contributed by atoms with Crippen LogP contribution in [0.4, 0.5) is 0 Å². The van der Waals surface area contributed by atoms with E-state index in [0.29, 0.717) is 0 Å². The Hall–Kier alpha value is -3.13. The third-order valence-corrected chi connectivity index (χ3v) is 4.95. The number of hydrogen-bond acceptors (Lipinski definition) is 1. The van der Waals surface area contributed by atoms with Crippen molar-refractivity contribution >= 4 is 0 Å². The van der Waals surface area contributed by atoms with Gasteiger partial charge in [0.15, 0.2) is 0 Å². The summed E-state index contributed by atoms with van der Waals surface area (Å²) in [7, 11) is 0. The van der Waals surface area contributed by atoms with Crippen LogP contribution in [-0.4, -0.2) is 9.78 Å². The maximum Gasteiger partial charge on any atom is 0.0930 e. The topological polar surface area (TPSA) is 17.8 Å². The van der Waals surface area contributed by atoms with E-state index >= 15 is 0 Å². The molecule has 2 heteroatoms. The van der Waals surface area contributed by atoms with E-state index in [1.54, 1.807) is 0 Å². The second-order valence-corrected chi connectivity index (χ2v) is 7.25. The molecule has 0 saturated heterocycles. The summed E-state index contributed by atoms with van der Waals surface area (Å²) in [6, 6.07) is 27.9. The highest BCUT2D eigenvalue weighted by molar-refractivity contribution is 5.60. The second kappa shape index (κ2) is 7.24. The van der Waals surface area contributed by atoms with Crippen molar-refractivity contribution in [3.05, 3.63) is 107 Å². The lowest BCUT2D eigenvalue weighted by Gasteiger charge is -2.11. The van der Waals surface area contributed by atoms with E-state index in [1.807, 2.05) is 6.07 Å². The van der Waals surface area contributed by atoms with Gasteiger partial charge in [-0.3, -0.25) is 0 Å². The molecule has 2 nitrogen and oxygen atoms in total. The van der Waals surface area contributed by atoms with Gasteiger partial charge in [-0.05, 0) is 49.6 Å². The van der Waals surface area contributed by atoms with Gasteiger partial charge in [-0.15, -0.1) is 0 Å². The van der Waals surface area contributed by atoms with Gasteiger partial charge >= 0.3 is 0 Å². The highest BCUT2D eigenvalue weighted by atomic mass is 15.3. The normalized spacial score (nSPS) is 10.9. The SMILES string of the molecule is Cc1ccc(Cc2cc(-c3ccccc3)nn2-c2cc(C)ccc2C)cc1. The molecule has 0 unspecified atom stereocenters. The van der Waals surface area contributed by atoms with Crippen molar-refractivity contribution < 1.29 is 0 Å². The Balaban J connectivity index is 1.83. The zero-order valence-electron chi connectivity index (χ0n) is 16.1. The molecule has 1 aromatic heterocycles. The number of nitrogens with zero attached hydrogens (tertiary/aromatic N) is 2. The molecular weight excluding hydrogens is 328 g/mol. The number of rotatable bonds is 4. The minimum Gasteiger partial charge on any atom is -0.237 e. The van der Waals surface area contributed by atoms with Crippen molar-refractivity contribution in [3.63, 3.8) is 0 Å². The van der Waals surface area contributed by atoms with E-state index < -0.39 is 0 Å². The van der Waals surface area contributed by atoms with E-state index in [2.05, 4.69) is 98.2 Å². The van der Waals surface area contributed by atoms with Gasteiger partial charge in [0.1, 0.15) is 0 Å². The summed E-state index contributed by atoms with van der Waals surface area (Å²) in [6.07, 6.45) is 0.855. The monoisotopic (exact) mass is 352 g/mol. The van der Waals surface area contributed by atoms with Crippen LogP contribution in [0.15, 0.2) is 78.9 Å². The smallest absolute Gasteiger partial charge is 0.0930 e. The third kappa shape index (κ3) is 3.70. The van der Waals surface area contributed by atoms with Crippen LogP contribution in [0, 0.1) is 20.8 Å². The Kier molecular flexibility index (Phi) is 4.64. The van der Waals surface area contributed by atoms with Crippen LogP contribution >= 0.6 is 0 Å². The van der Waals surface area contributed by atoms with Crippen LogP contribution in [0.5, 0.6) is 0 Å². The largest absolute Gasteiger partial charge is 0.237 e. The van der Waals surface area contributed by atoms with Gasteiger partial charge in [-0.2, -0.15) is 5.10 Å². The average molecular weight is 352 g/mol. The van der Waals surface area contributed by atoms with E-state index in [1.165, 1.54) is 27.9 Å². The molecule has 0 aliphatic rings. The molecule has 0 atom stereocenters. The number of aryl methyl sites for hydroxylation is 3. The standard InChI is InChI=1S/C25H24N2/c1-18-10-13-21(14-11-18)16-23-17-24(22-7-5-4-6-8-22)26-27(23)25-15-19(2)9-12-20(25)3/h4-15,17H,16H2,1-3H3. The summed E-state index contributed by atoms with van der Waals surface area (Å²) < 4.78 is 2.12. The Bertz CT molecular complexity index is 1060. The summed E-state index contributed by atoms with van der Waals surface area (Å²) in [6.45, 7) is 6.40. The molecule has 1 heterocycles. The Morgan fingerprint density at radius 1 is 0.741 bits per heavy atom. The number of benzene rings is 3. The lowest BCUT2D eigenvalue weighted by atomic mass is 10.1. The second-order valence-electron chi connectivity index (χ2n) is 7.25. The summed E-state index contributed by atoms with van der Waals surface area (Å²) in [5.41, 5.74) is 9.57. The molecule has 0 amide bonds. The number of aromatic nitrogens is 2. The first-order valence-electron chi connectivity index (χ1n) is 9.38. The highest BCUT2D eigenvalue weighted by Gasteiger charge is 2.13. The van der Waals surface area contributed by atoms with Gasteiger partial charge < -0.3 is 0 Å². The predicted octanol–water partition coefficient (Wildman–Crippen LogP) is 6.06. The molecule has 4 aromatic rings. The molecule has 0 aliphatic heterocycles. The van der Waals surface area contributed by atoms with E-state index in [0.717, 1.165) is 23.4 Å². The zero-order chi connectivity index (χ0) is 18.8. The van der Waals surface area contributed by atoms with E-state index in [9.17, 15) is 0 Å². The minimum atomic E-state index is 0.855. The molecular formula is C25H24N2. The average Bonchev–Trinajstić information content (AvgIpc) is 3.10. The fourth-order valence-electron chi connectivity index (χ4n) is 3.37. The summed E-state index contributed by atoms with van der Waals surface area (Å²) in [4.78, 5) is 0. The molecule has 134 valence electrons. The van der Waals surface area contributed by atoms with E-state index in [-0.39, 0.29) is 0 Å². The molecule has 3 aromatic carbocycles. The molecule has 27 heavy (non-hydrogen) atoms. The summed E-state index contributed by atoms with van der Waals surface area (Å²) in [5, 5.41) is 4.98. The Labute approximate surface area is 161 Å². The van der Waals surface area contributed by atoms with Gasteiger partial charge in [0.2, 0.25) is 0 Å². The minimum absolute atomic E-state index is 0.855. The first kappa shape index (κ1) is 17.3. The van der Waals surface area contributed by atoms with Gasteiger partial charge in [0, 0.05) is 17.7 Å². The third-order valence-electron chi connectivity index (χ3n) is 4.95. The molecule has 0 radical (unpaired) electrons. The maximum absolute atomic E-state index is 4.98.